The molecule has 5 unspecified atom stereocenters. The van der Waals surface area contributed by atoms with Crippen molar-refractivity contribution in [1.29, 1.82) is 0 Å². The third-order valence-corrected chi connectivity index (χ3v) is 3.94. The van der Waals surface area contributed by atoms with Gasteiger partial charge in [0.1, 0.15) is 18.8 Å². The van der Waals surface area contributed by atoms with Crippen LogP contribution in [0.4, 0.5) is 0 Å². The molecule has 5 atom stereocenters. The highest BCUT2D eigenvalue weighted by molar-refractivity contribution is 5.89. The highest BCUT2D eigenvalue weighted by Crippen LogP contribution is 2.24. The lowest BCUT2D eigenvalue weighted by atomic mass is 9.92. The molecule has 0 radical (unpaired) electrons. The van der Waals surface area contributed by atoms with E-state index in [0.29, 0.717) is 5.56 Å². The zero-order chi connectivity index (χ0) is 16.3. The van der Waals surface area contributed by atoms with Crippen LogP contribution in [0, 0.1) is 0 Å². The fraction of sp³-hybridized carbons (Fsp3) is 0.562. The number of aliphatic hydroxyl groups is 2. The van der Waals surface area contributed by atoms with Crippen LogP contribution in [0.2, 0.25) is 0 Å². The summed E-state index contributed by atoms with van der Waals surface area (Å²) < 4.78 is 10.8. The van der Waals surface area contributed by atoms with E-state index in [0.717, 1.165) is 0 Å². The molecule has 6 nitrogen and oxygen atoms in total. The number of rotatable bonds is 4. The van der Waals surface area contributed by atoms with E-state index in [-0.39, 0.29) is 6.61 Å². The normalized spacial score (nSPS) is 32.0. The molecule has 0 bridgehead atoms. The van der Waals surface area contributed by atoms with Crippen LogP contribution >= 0.6 is 0 Å². The maximum absolute atomic E-state index is 11.9. The highest BCUT2D eigenvalue weighted by atomic mass is 16.6. The average Bonchev–Trinajstić information content (AvgIpc) is 2.50. The molecule has 1 aromatic rings. The smallest absolute Gasteiger partial charge is 0.338 e. The Morgan fingerprint density at radius 1 is 1.23 bits per heavy atom. The monoisotopic (exact) mass is 309 g/mol. The van der Waals surface area contributed by atoms with Gasteiger partial charge in [-0.15, -0.1) is 0 Å². The van der Waals surface area contributed by atoms with Crippen molar-refractivity contribution in [1.82, 2.24) is 4.90 Å². The van der Waals surface area contributed by atoms with Crippen molar-refractivity contribution in [3.05, 3.63) is 35.9 Å². The van der Waals surface area contributed by atoms with Crippen LogP contribution in [0.1, 0.15) is 17.3 Å². The fourth-order valence-corrected chi connectivity index (χ4v) is 2.70. The maximum atomic E-state index is 11.9. The SMILES string of the molecule is CC1OC(COC(=O)c2ccccc2)C(O)C(N(C)C)C1O. The van der Waals surface area contributed by atoms with Gasteiger partial charge in [-0.2, -0.15) is 0 Å². The molecule has 1 aromatic carbocycles. The van der Waals surface area contributed by atoms with Crippen molar-refractivity contribution >= 4 is 5.97 Å². The molecule has 2 N–H and O–H groups in total. The van der Waals surface area contributed by atoms with E-state index in [1.165, 1.54) is 0 Å². The Bertz CT molecular complexity index is 493. The number of likely N-dealkylation sites (N-methyl/N-ethyl adjacent to an activating group) is 1. The van der Waals surface area contributed by atoms with E-state index < -0.39 is 36.4 Å². The lowest BCUT2D eigenvalue weighted by Crippen LogP contribution is -2.62. The number of carbonyl (C=O) groups excluding carboxylic acids is 1. The molecule has 0 aliphatic carbocycles. The Hall–Kier alpha value is -1.47. The van der Waals surface area contributed by atoms with Gasteiger partial charge in [0.15, 0.2) is 0 Å². The summed E-state index contributed by atoms with van der Waals surface area (Å²) in [6, 6.07) is 8.18. The highest BCUT2D eigenvalue weighted by Gasteiger charge is 2.44. The average molecular weight is 309 g/mol. The molecule has 6 heteroatoms. The summed E-state index contributed by atoms with van der Waals surface area (Å²) in [6.07, 6.45) is -2.86. The molecule has 0 saturated carbocycles. The minimum atomic E-state index is -0.940. The molecule has 0 amide bonds. The molecule has 1 aliphatic rings. The molecular formula is C16H23NO5. The number of esters is 1. The van der Waals surface area contributed by atoms with Crippen LogP contribution in [-0.2, 0) is 9.47 Å². The van der Waals surface area contributed by atoms with Gasteiger partial charge in [0.2, 0.25) is 0 Å². The van der Waals surface area contributed by atoms with Crippen LogP contribution in [0.5, 0.6) is 0 Å². The van der Waals surface area contributed by atoms with Gasteiger partial charge in [-0.25, -0.2) is 4.79 Å². The Morgan fingerprint density at radius 3 is 2.45 bits per heavy atom. The summed E-state index contributed by atoms with van der Waals surface area (Å²) in [5.41, 5.74) is 0.449. The molecule has 0 aromatic heterocycles. The largest absolute Gasteiger partial charge is 0.459 e. The first-order valence-electron chi connectivity index (χ1n) is 7.32. The van der Waals surface area contributed by atoms with Gasteiger partial charge in [-0.3, -0.25) is 0 Å². The van der Waals surface area contributed by atoms with Gasteiger partial charge in [-0.05, 0) is 33.2 Å². The Labute approximate surface area is 130 Å². The third-order valence-electron chi connectivity index (χ3n) is 3.94. The van der Waals surface area contributed by atoms with Gasteiger partial charge < -0.3 is 24.6 Å². The third kappa shape index (κ3) is 3.64. The van der Waals surface area contributed by atoms with Crippen LogP contribution < -0.4 is 0 Å². The predicted molar refractivity (Wildman–Crippen MR) is 80.5 cm³/mol. The predicted octanol–water partition coefficient (Wildman–Crippen LogP) is 0.283. The number of aliphatic hydroxyl groups excluding tert-OH is 2. The van der Waals surface area contributed by atoms with E-state index in [4.69, 9.17) is 9.47 Å². The first kappa shape index (κ1) is 16.9. The van der Waals surface area contributed by atoms with Crippen LogP contribution in [0.3, 0.4) is 0 Å². The van der Waals surface area contributed by atoms with Gasteiger partial charge in [0.25, 0.3) is 0 Å². The van der Waals surface area contributed by atoms with Crippen molar-refractivity contribution in [2.75, 3.05) is 20.7 Å². The molecular weight excluding hydrogens is 286 g/mol. The summed E-state index contributed by atoms with van der Waals surface area (Å²) in [7, 11) is 3.56. The van der Waals surface area contributed by atoms with Gasteiger partial charge in [0, 0.05) is 0 Å². The quantitative estimate of drug-likeness (QED) is 0.778. The summed E-state index contributed by atoms with van der Waals surface area (Å²) >= 11 is 0. The van der Waals surface area contributed by atoms with E-state index >= 15 is 0 Å². The van der Waals surface area contributed by atoms with Gasteiger partial charge in [-0.1, -0.05) is 18.2 Å². The molecule has 1 fully saturated rings. The van der Waals surface area contributed by atoms with Crippen molar-refractivity contribution in [2.45, 2.75) is 37.4 Å². The lowest BCUT2D eigenvalue weighted by Gasteiger charge is -2.44. The standard InChI is InChI=1S/C16H23NO5/c1-10-14(18)13(17(2)3)15(19)12(22-10)9-21-16(20)11-7-5-4-6-8-11/h4-8,10,12-15,18-19H,9H2,1-3H3. The topological polar surface area (TPSA) is 79.2 Å². The van der Waals surface area contributed by atoms with Crippen LogP contribution in [0.15, 0.2) is 30.3 Å². The molecule has 1 aliphatic heterocycles. The van der Waals surface area contributed by atoms with Gasteiger partial charge >= 0.3 is 5.97 Å². The van der Waals surface area contributed by atoms with E-state index in [9.17, 15) is 15.0 Å². The van der Waals surface area contributed by atoms with Crippen molar-refractivity contribution in [3.63, 3.8) is 0 Å². The first-order valence-corrected chi connectivity index (χ1v) is 7.32. The second kappa shape index (κ2) is 7.19. The van der Waals surface area contributed by atoms with E-state index in [2.05, 4.69) is 0 Å². The summed E-state index contributed by atoms with van der Waals surface area (Å²) in [5.74, 6) is -0.462. The molecule has 0 spiro atoms. The minimum Gasteiger partial charge on any atom is -0.459 e. The van der Waals surface area contributed by atoms with Crippen molar-refractivity contribution in [3.8, 4) is 0 Å². The van der Waals surface area contributed by atoms with E-state index in [1.54, 1.807) is 50.2 Å². The molecule has 1 heterocycles. The first-order chi connectivity index (χ1) is 10.4. The summed E-state index contributed by atoms with van der Waals surface area (Å²) in [5, 5.41) is 20.5. The molecule has 22 heavy (non-hydrogen) atoms. The molecule has 2 rings (SSSR count). The lowest BCUT2D eigenvalue weighted by molar-refractivity contribution is -0.204. The van der Waals surface area contributed by atoms with Crippen LogP contribution in [0.25, 0.3) is 0 Å². The van der Waals surface area contributed by atoms with Crippen LogP contribution in [-0.4, -0.2) is 72.2 Å². The zero-order valence-electron chi connectivity index (χ0n) is 13.0. The number of benzene rings is 1. The van der Waals surface area contributed by atoms with Gasteiger partial charge in [0.05, 0.1) is 23.8 Å². The maximum Gasteiger partial charge on any atom is 0.338 e. The Balaban J connectivity index is 1.98. The second-order valence-electron chi connectivity index (χ2n) is 5.78. The molecule has 122 valence electrons. The fourth-order valence-electron chi connectivity index (χ4n) is 2.70. The second-order valence-corrected chi connectivity index (χ2v) is 5.78. The number of nitrogens with zero attached hydrogens (tertiary/aromatic N) is 1. The zero-order valence-corrected chi connectivity index (χ0v) is 13.0. The number of hydrogen-bond acceptors (Lipinski definition) is 6. The van der Waals surface area contributed by atoms with Crippen molar-refractivity contribution < 1.29 is 24.5 Å². The molecule has 1 saturated heterocycles. The summed E-state index contributed by atoms with van der Waals surface area (Å²) in [6.45, 7) is 1.68. The van der Waals surface area contributed by atoms with Crippen molar-refractivity contribution in [2.24, 2.45) is 0 Å². The number of carbonyl (C=O) groups is 1. The minimum absolute atomic E-state index is 0.0592. The Morgan fingerprint density at radius 2 is 1.86 bits per heavy atom. The van der Waals surface area contributed by atoms with E-state index in [1.807, 2.05) is 6.07 Å². The number of hydrogen-bond donors (Lipinski definition) is 2. The Kier molecular flexibility index (Phi) is 5.52. The summed E-state index contributed by atoms with van der Waals surface area (Å²) in [4.78, 5) is 13.7. The number of ether oxygens (including phenoxy) is 2.